The number of allylic oxidation sites excluding steroid dienone is 2. The van der Waals surface area contributed by atoms with Gasteiger partial charge >= 0.3 is 0 Å². The van der Waals surface area contributed by atoms with Crippen molar-refractivity contribution in [1.29, 1.82) is 0 Å². The molecular formula is C12H21NS2. The summed E-state index contributed by atoms with van der Waals surface area (Å²) in [4.78, 5) is 0. The van der Waals surface area contributed by atoms with Gasteiger partial charge in [0.25, 0.3) is 0 Å². The molecule has 0 amide bonds. The third-order valence-corrected chi connectivity index (χ3v) is 5.91. The molecule has 0 saturated carbocycles. The number of thioether (sulfide) groups is 2. The third-order valence-electron chi connectivity index (χ3n) is 3.07. The van der Waals surface area contributed by atoms with Gasteiger partial charge in [-0.3, -0.25) is 0 Å². The maximum atomic E-state index is 3.66. The standard InChI is InChI=1S/C12H21NS2/c1-2-4-11(5-3-1)8-13-9-12-10-14-6-7-15-12/h1-2,11-13H,3-10H2. The Balaban J connectivity index is 1.55. The average molecular weight is 243 g/mol. The van der Waals surface area contributed by atoms with Gasteiger partial charge in [-0.05, 0) is 31.7 Å². The van der Waals surface area contributed by atoms with Gasteiger partial charge in [0.15, 0.2) is 0 Å². The van der Waals surface area contributed by atoms with Crippen LogP contribution in [-0.4, -0.2) is 35.6 Å². The summed E-state index contributed by atoms with van der Waals surface area (Å²) in [7, 11) is 0. The molecule has 1 nitrogen and oxygen atoms in total. The molecule has 2 rings (SSSR count). The zero-order chi connectivity index (χ0) is 10.3. The van der Waals surface area contributed by atoms with Crippen LogP contribution in [0.1, 0.15) is 19.3 Å². The van der Waals surface area contributed by atoms with Gasteiger partial charge in [-0.15, -0.1) is 0 Å². The molecule has 3 heteroatoms. The number of nitrogens with one attached hydrogen (secondary N) is 1. The Morgan fingerprint density at radius 2 is 2.20 bits per heavy atom. The SMILES string of the molecule is C1=CCC(CNCC2CSCCS2)CC1. The predicted molar refractivity (Wildman–Crippen MR) is 72.9 cm³/mol. The smallest absolute Gasteiger partial charge is 0.0263 e. The fourth-order valence-electron chi connectivity index (χ4n) is 2.14. The van der Waals surface area contributed by atoms with Crippen molar-refractivity contribution in [3.8, 4) is 0 Å². The van der Waals surface area contributed by atoms with E-state index in [0.717, 1.165) is 11.2 Å². The van der Waals surface area contributed by atoms with E-state index in [-0.39, 0.29) is 0 Å². The normalized spacial score (nSPS) is 31.7. The Hall–Kier alpha value is 0.400. The van der Waals surface area contributed by atoms with E-state index in [0.29, 0.717) is 0 Å². The number of hydrogen-bond acceptors (Lipinski definition) is 3. The van der Waals surface area contributed by atoms with E-state index in [1.165, 1.54) is 49.6 Å². The van der Waals surface area contributed by atoms with Gasteiger partial charge in [0.1, 0.15) is 0 Å². The lowest BCUT2D eigenvalue weighted by Crippen LogP contribution is -2.32. The molecule has 0 spiro atoms. The first-order chi connectivity index (χ1) is 7.45. The molecule has 1 fully saturated rings. The lowest BCUT2D eigenvalue weighted by atomic mass is 9.94. The van der Waals surface area contributed by atoms with Crippen LogP contribution in [0.5, 0.6) is 0 Å². The minimum Gasteiger partial charge on any atom is -0.315 e. The van der Waals surface area contributed by atoms with Crippen LogP contribution in [0.3, 0.4) is 0 Å². The van der Waals surface area contributed by atoms with E-state index < -0.39 is 0 Å². The first-order valence-electron chi connectivity index (χ1n) is 6.00. The van der Waals surface area contributed by atoms with Gasteiger partial charge in [-0.25, -0.2) is 0 Å². The zero-order valence-electron chi connectivity index (χ0n) is 9.28. The molecule has 1 aliphatic carbocycles. The highest BCUT2D eigenvalue weighted by molar-refractivity contribution is 8.06. The second kappa shape index (κ2) is 6.87. The molecule has 2 unspecified atom stereocenters. The van der Waals surface area contributed by atoms with E-state index in [1.54, 1.807) is 0 Å². The van der Waals surface area contributed by atoms with Crippen molar-refractivity contribution in [1.82, 2.24) is 5.32 Å². The van der Waals surface area contributed by atoms with Crippen LogP contribution in [0.4, 0.5) is 0 Å². The van der Waals surface area contributed by atoms with E-state index in [9.17, 15) is 0 Å². The van der Waals surface area contributed by atoms with Gasteiger partial charge in [0, 0.05) is 29.1 Å². The van der Waals surface area contributed by atoms with Crippen molar-refractivity contribution in [2.24, 2.45) is 5.92 Å². The monoisotopic (exact) mass is 243 g/mol. The fraction of sp³-hybridized carbons (Fsp3) is 0.833. The van der Waals surface area contributed by atoms with Crippen LogP contribution >= 0.6 is 23.5 Å². The van der Waals surface area contributed by atoms with Crippen molar-refractivity contribution in [3.63, 3.8) is 0 Å². The van der Waals surface area contributed by atoms with Crippen molar-refractivity contribution in [3.05, 3.63) is 12.2 Å². The molecule has 2 aliphatic rings. The summed E-state index contributed by atoms with van der Waals surface area (Å²) < 4.78 is 0. The topological polar surface area (TPSA) is 12.0 Å². The Labute approximate surface area is 102 Å². The first kappa shape index (κ1) is 11.9. The summed E-state index contributed by atoms with van der Waals surface area (Å²) >= 11 is 4.27. The Kier molecular flexibility index (Phi) is 5.44. The predicted octanol–water partition coefficient (Wildman–Crippen LogP) is 2.78. The minimum atomic E-state index is 0.864. The van der Waals surface area contributed by atoms with Gasteiger partial charge in [0.2, 0.25) is 0 Å². The number of rotatable bonds is 4. The molecule has 1 N–H and O–H groups in total. The summed E-state index contributed by atoms with van der Waals surface area (Å²) in [6.45, 7) is 2.45. The number of hydrogen-bond donors (Lipinski definition) is 1. The van der Waals surface area contributed by atoms with Crippen LogP contribution in [-0.2, 0) is 0 Å². The van der Waals surface area contributed by atoms with E-state index >= 15 is 0 Å². The molecular weight excluding hydrogens is 222 g/mol. The Morgan fingerprint density at radius 3 is 2.93 bits per heavy atom. The molecule has 0 bridgehead atoms. The molecule has 1 heterocycles. The summed E-state index contributed by atoms with van der Waals surface area (Å²) in [5, 5.41) is 4.52. The summed E-state index contributed by atoms with van der Waals surface area (Å²) in [6, 6.07) is 0. The Bertz CT molecular complexity index is 200. The molecule has 2 atom stereocenters. The van der Waals surface area contributed by atoms with Crippen LogP contribution < -0.4 is 5.32 Å². The average Bonchev–Trinajstić information content (AvgIpc) is 2.32. The van der Waals surface area contributed by atoms with Gasteiger partial charge < -0.3 is 5.32 Å². The van der Waals surface area contributed by atoms with Crippen LogP contribution in [0.25, 0.3) is 0 Å². The maximum absolute atomic E-state index is 3.66. The molecule has 86 valence electrons. The quantitative estimate of drug-likeness (QED) is 0.763. The van der Waals surface area contributed by atoms with E-state index in [1.807, 2.05) is 0 Å². The lowest BCUT2D eigenvalue weighted by molar-refractivity contribution is 0.443. The van der Waals surface area contributed by atoms with Gasteiger partial charge in [0.05, 0.1) is 0 Å². The van der Waals surface area contributed by atoms with E-state index in [2.05, 4.69) is 41.0 Å². The Morgan fingerprint density at radius 1 is 1.20 bits per heavy atom. The summed E-state index contributed by atoms with van der Waals surface area (Å²) in [6.07, 6.45) is 8.64. The molecule has 1 saturated heterocycles. The van der Waals surface area contributed by atoms with Crippen LogP contribution in [0.15, 0.2) is 12.2 Å². The molecule has 1 aliphatic heterocycles. The highest BCUT2D eigenvalue weighted by atomic mass is 32.2. The first-order valence-corrected chi connectivity index (χ1v) is 8.20. The molecule has 0 aromatic rings. The maximum Gasteiger partial charge on any atom is 0.0263 e. The van der Waals surface area contributed by atoms with Crippen molar-refractivity contribution >= 4 is 23.5 Å². The van der Waals surface area contributed by atoms with Crippen molar-refractivity contribution < 1.29 is 0 Å². The highest BCUT2D eigenvalue weighted by Gasteiger charge is 2.15. The van der Waals surface area contributed by atoms with Crippen LogP contribution in [0, 0.1) is 5.92 Å². The second-order valence-electron chi connectivity index (χ2n) is 4.38. The zero-order valence-corrected chi connectivity index (χ0v) is 10.9. The molecule has 0 aromatic carbocycles. The molecule has 0 radical (unpaired) electrons. The van der Waals surface area contributed by atoms with Crippen molar-refractivity contribution in [2.45, 2.75) is 24.5 Å². The minimum absolute atomic E-state index is 0.864. The van der Waals surface area contributed by atoms with Crippen molar-refractivity contribution in [2.75, 3.05) is 30.3 Å². The van der Waals surface area contributed by atoms with Gasteiger partial charge in [-0.2, -0.15) is 23.5 Å². The highest BCUT2D eigenvalue weighted by Crippen LogP contribution is 2.23. The van der Waals surface area contributed by atoms with Gasteiger partial charge in [-0.1, -0.05) is 12.2 Å². The second-order valence-corrected chi connectivity index (χ2v) is 6.93. The largest absolute Gasteiger partial charge is 0.315 e. The van der Waals surface area contributed by atoms with E-state index in [4.69, 9.17) is 0 Å². The summed E-state index contributed by atoms with van der Waals surface area (Å²) in [5.74, 6) is 4.95. The molecule has 0 aromatic heterocycles. The fourth-order valence-corrected chi connectivity index (χ4v) is 4.79. The third kappa shape index (κ3) is 4.41. The molecule has 15 heavy (non-hydrogen) atoms. The van der Waals surface area contributed by atoms with Crippen LogP contribution in [0.2, 0.25) is 0 Å². The summed E-state index contributed by atoms with van der Waals surface area (Å²) in [5.41, 5.74) is 0. The lowest BCUT2D eigenvalue weighted by Gasteiger charge is -2.23.